The Morgan fingerprint density at radius 2 is 2.05 bits per heavy atom. The van der Waals surface area contributed by atoms with E-state index in [4.69, 9.17) is 4.42 Å². The van der Waals surface area contributed by atoms with Crippen molar-refractivity contribution in [3.63, 3.8) is 0 Å². The quantitative estimate of drug-likeness (QED) is 0.861. The minimum Gasteiger partial charge on any atom is -0.438 e. The van der Waals surface area contributed by atoms with Gasteiger partial charge in [0, 0.05) is 11.1 Å². The number of hydrogen-bond donors (Lipinski definition) is 1. The van der Waals surface area contributed by atoms with Gasteiger partial charge in [-0.1, -0.05) is 48.6 Å². The zero-order valence-corrected chi connectivity index (χ0v) is 11.9. The summed E-state index contributed by atoms with van der Waals surface area (Å²) in [5.74, 6) is 0.783. The fourth-order valence-corrected chi connectivity index (χ4v) is 2.56. The molecule has 1 aromatic heterocycles. The highest BCUT2D eigenvalue weighted by Gasteiger charge is 2.23. The summed E-state index contributed by atoms with van der Waals surface area (Å²) in [6, 6.07) is 11.7. The SMILES string of the molecule is N#Cc1c(NC=O)oc(-c2ccccc2)c1C1=CCCC=C1. The first kappa shape index (κ1) is 13.9. The van der Waals surface area contributed by atoms with Crippen LogP contribution in [0.15, 0.2) is 53.0 Å². The first-order chi connectivity index (χ1) is 10.8. The van der Waals surface area contributed by atoms with E-state index < -0.39 is 0 Å². The minimum absolute atomic E-state index is 0.186. The van der Waals surface area contributed by atoms with Crippen LogP contribution in [0.5, 0.6) is 0 Å². The number of benzene rings is 1. The lowest BCUT2D eigenvalue weighted by Crippen LogP contribution is -1.95. The Morgan fingerprint density at radius 3 is 2.68 bits per heavy atom. The van der Waals surface area contributed by atoms with Crippen molar-refractivity contribution in [1.29, 1.82) is 5.26 Å². The largest absolute Gasteiger partial charge is 0.438 e. The molecule has 2 aromatic rings. The number of carbonyl (C=O) groups is 1. The Hall–Kier alpha value is -3.06. The van der Waals surface area contributed by atoms with E-state index in [1.54, 1.807) is 0 Å². The van der Waals surface area contributed by atoms with Gasteiger partial charge in [0.1, 0.15) is 17.4 Å². The fraction of sp³-hybridized carbons (Fsp3) is 0.111. The average molecular weight is 290 g/mol. The third kappa shape index (κ3) is 2.45. The predicted molar refractivity (Wildman–Crippen MR) is 84.9 cm³/mol. The molecular weight excluding hydrogens is 276 g/mol. The van der Waals surface area contributed by atoms with Crippen molar-refractivity contribution in [2.45, 2.75) is 12.8 Å². The Balaban J connectivity index is 2.24. The molecule has 108 valence electrons. The van der Waals surface area contributed by atoms with Crippen molar-refractivity contribution >= 4 is 17.9 Å². The van der Waals surface area contributed by atoms with Gasteiger partial charge in [0.2, 0.25) is 12.3 Å². The van der Waals surface area contributed by atoms with Crippen LogP contribution in [0.2, 0.25) is 0 Å². The topological polar surface area (TPSA) is 66.0 Å². The number of hydrogen-bond acceptors (Lipinski definition) is 3. The molecular formula is C18H14N2O2. The van der Waals surface area contributed by atoms with Crippen LogP contribution >= 0.6 is 0 Å². The first-order valence-corrected chi connectivity index (χ1v) is 7.04. The van der Waals surface area contributed by atoms with Crippen molar-refractivity contribution in [2.75, 3.05) is 5.32 Å². The summed E-state index contributed by atoms with van der Waals surface area (Å²) in [6.07, 6.45) is 8.58. The number of carbonyl (C=O) groups excluding carboxylic acids is 1. The standard InChI is InChI=1S/C18H14N2O2/c19-11-15-16(13-7-3-1-4-8-13)17(22-18(15)20-12-21)14-9-5-2-6-10-14/h2-3,5-10,12H,1,4H2,(H,20,21). The van der Waals surface area contributed by atoms with Crippen LogP contribution < -0.4 is 5.32 Å². The van der Waals surface area contributed by atoms with E-state index in [-0.39, 0.29) is 5.88 Å². The zero-order valence-electron chi connectivity index (χ0n) is 11.9. The normalized spacial score (nSPS) is 13.3. The first-order valence-electron chi connectivity index (χ1n) is 7.04. The van der Waals surface area contributed by atoms with Crippen molar-refractivity contribution in [3.8, 4) is 17.4 Å². The molecule has 0 saturated heterocycles. The Morgan fingerprint density at radius 1 is 1.23 bits per heavy atom. The van der Waals surface area contributed by atoms with Crippen LogP contribution in [0.1, 0.15) is 24.0 Å². The maximum absolute atomic E-state index is 10.8. The molecule has 0 spiro atoms. The lowest BCUT2D eigenvalue weighted by atomic mass is 9.94. The summed E-state index contributed by atoms with van der Waals surface area (Å²) in [5.41, 5.74) is 2.90. The molecule has 1 aliphatic carbocycles. The molecule has 1 N–H and O–H groups in total. The van der Waals surface area contributed by atoms with Crippen molar-refractivity contribution in [1.82, 2.24) is 0 Å². The summed E-state index contributed by atoms with van der Waals surface area (Å²) in [5, 5.41) is 12.0. The summed E-state index contributed by atoms with van der Waals surface area (Å²) < 4.78 is 5.78. The highest BCUT2D eigenvalue weighted by atomic mass is 16.4. The highest BCUT2D eigenvalue weighted by molar-refractivity contribution is 5.91. The molecule has 22 heavy (non-hydrogen) atoms. The van der Waals surface area contributed by atoms with Gasteiger partial charge in [-0.25, -0.2) is 0 Å². The predicted octanol–water partition coefficient (Wildman–Crippen LogP) is 4.12. The molecule has 1 aromatic carbocycles. The van der Waals surface area contributed by atoms with Gasteiger partial charge in [0.25, 0.3) is 0 Å². The van der Waals surface area contributed by atoms with E-state index in [0.717, 1.165) is 29.5 Å². The van der Waals surface area contributed by atoms with E-state index in [2.05, 4.69) is 23.5 Å². The smallest absolute Gasteiger partial charge is 0.218 e. The van der Waals surface area contributed by atoms with E-state index in [1.807, 2.05) is 36.4 Å². The molecule has 3 rings (SSSR count). The maximum atomic E-state index is 10.8. The van der Waals surface area contributed by atoms with Crippen LogP contribution in [0.3, 0.4) is 0 Å². The number of rotatable bonds is 4. The molecule has 0 atom stereocenters. The molecule has 0 saturated carbocycles. The van der Waals surface area contributed by atoms with E-state index >= 15 is 0 Å². The maximum Gasteiger partial charge on any atom is 0.218 e. The Kier molecular flexibility index (Phi) is 3.88. The molecule has 0 fully saturated rings. The van der Waals surface area contributed by atoms with Crippen molar-refractivity contribution in [3.05, 3.63) is 59.7 Å². The van der Waals surface area contributed by atoms with E-state index in [9.17, 15) is 10.1 Å². The summed E-state index contributed by atoms with van der Waals surface area (Å²) in [6.45, 7) is 0. The van der Waals surface area contributed by atoms with Gasteiger partial charge < -0.3 is 4.42 Å². The number of amides is 1. The molecule has 1 aliphatic rings. The van der Waals surface area contributed by atoms with Gasteiger partial charge in [0.05, 0.1) is 0 Å². The van der Waals surface area contributed by atoms with Crippen LogP contribution in [0, 0.1) is 11.3 Å². The molecule has 0 aliphatic heterocycles. The van der Waals surface area contributed by atoms with Crippen LogP contribution in [-0.2, 0) is 4.79 Å². The molecule has 0 radical (unpaired) electrons. The third-order valence-corrected chi connectivity index (χ3v) is 3.53. The van der Waals surface area contributed by atoms with Gasteiger partial charge in [-0.2, -0.15) is 5.26 Å². The third-order valence-electron chi connectivity index (χ3n) is 3.53. The Bertz CT molecular complexity index is 792. The van der Waals surface area contributed by atoms with Gasteiger partial charge in [-0.05, 0) is 18.4 Å². The lowest BCUT2D eigenvalue weighted by Gasteiger charge is -2.08. The van der Waals surface area contributed by atoms with Gasteiger partial charge in [-0.15, -0.1) is 0 Å². The van der Waals surface area contributed by atoms with E-state index in [0.29, 0.717) is 17.7 Å². The highest BCUT2D eigenvalue weighted by Crippen LogP contribution is 2.39. The molecule has 0 unspecified atom stereocenters. The van der Waals surface area contributed by atoms with Gasteiger partial charge in [-0.3, -0.25) is 10.1 Å². The number of allylic oxidation sites excluding steroid dienone is 4. The zero-order chi connectivity index (χ0) is 15.4. The second-order valence-corrected chi connectivity index (χ2v) is 4.89. The number of nitriles is 1. The fourth-order valence-electron chi connectivity index (χ4n) is 2.56. The number of anilines is 1. The molecule has 4 nitrogen and oxygen atoms in total. The molecule has 1 heterocycles. The van der Waals surface area contributed by atoms with Gasteiger partial charge >= 0.3 is 0 Å². The molecule has 1 amide bonds. The Labute approximate surface area is 128 Å². The second kappa shape index (κ2) is 6.15. The number of nitrogens with zero attached hydrogens (tertiary/aromatic N) is 1. The van der Waals surface area contributed by atoms with Crippen molar-refractivity contribution in [2.24, 2.45) is 0 Å². The summed E-state index contributed by atoms with van der Waals surface area (Å²) in [4.78, 5) is 10.8. The van der Waals surface area contributed by atoms with Crippen LogP contribution in [0.4, 0.5) is 5.88 Å². The van der Waals surface area contributed by atoms with E-state index in [1.165, 1.54) is 0 Å². The summed E-state index contributed by atoms with van der Waals surface area (Å²) >= 11 is 0. The molecule has 0 bridgehead atoms. The van der Waals surface area contributed by atoms with Crippen LogP contribution in [0.25, 0.3) is 16.9 Å². The number of nitrogens with one attached hydrogen (secondary N) is 1. The summed E-state index contributed by atoms with van der Waals surface area (Å²) in [7, 11) is 0. The monoisotopic (exact) mass is 290 g/mol. The lowest BCUT2D eigenvalue weighted by molar-refractivity contribution is -0.105. The number of furan rings is 1. The molecule has 4 heteroatoms. The van der Waals surface area contributed by atoms with Gasteiger partial charge in [0.15, 0.2) is 0 Å². The second-order valence-electron chi connectivity index (χ2n) is 4.89. The van der Waals surface area contributed by atoms with Crippen molar-refractivity contribution < 1.29 is 9.21 Å². The minimum atomic E-state index is 0.186. The van der Waals surface area contributed by atoms with Crippen LogP contribution in [-0.4, -0.2) is 6.41 Å². The average Bonchev–Trinajstić information content (AvgIpc) is 2.95.